The average molecular weight is 306 g/mol. The monoisotopic (exact) mass is 306 g/mol. The zero-order valence-electron chi connectivity index (χ0n) is 13.4. The fourth-order valence-corrected chi connectivity index (χ4v) is 4.04. The van der Waals surface area contributed by atoms with Crippen LogP contribution in [0, 0.1) is 5.92 Å². The highest BCUT2D eigenvalue weighted by molar-refractivity contribution is 5.90. The number of fused-ring (bicyclic) bond motifs is 1. The minimum Gasteiger partial charge on any atom is -0.369 e. The van der Waals surface area contributed by atoms with Crippen molar-refractivity contribution in [2.45, 2.75) is 31.7 Å². The topological polar surface area (TPSA) is 55.1 Å². The predicted molar refractivity (Wildman–Crippen MR) is 91.9 cm³/mol. The minimum absolute atomic E-state index is 0.195. The minimum atomic E-state index is -0.434. The van der Waals surface area contributed by atoms with Crippen LogP contribution in [0.4, 0.5) is 0 Å². The Hall–Kier alpha value is -2.13. The van der Waals surface area contributed by atoms with Gasteiger partial charge in [-0.2, -0.15) is 0 Å². The average Bonchev–Trinajstić information content (AvgIpc) is 3.27. The molecule has 2 aromatic carbocycles. The molecule has 1 aliphatic carbocycles. The maximum atomic E-state index is 11.9. The predicted octanol–water partition coefficient (Wildman–Crippen LogP) is 2.76. The molecule has 2 unspecified atom stereocenters. The summed E-state index contributed by atoms with van der Waals surface area (Å²) in [6.45, 7) is 4.07. The van der Waals surface area contributed by atoms with Crippen molar-refractivity contribution in [3.63, 3.8) is 0 Å². The Bertz CT molecular complexity index is 766. The Morgan fingerprint density at radius 3 is 2.61 bits per heavy atom. The van der Waals surface area contributed by atoms with Crippen LogP contribution in [0.2, 0.25) is 0 Å². The van der Waals surface area contributed by atoms with Gasteiger partial charge in [-0.25, -0.2) is 0 Å². The molecule has 2 atom stereocenters. The number of benzene rings is 2. The Morgan fingerprint density at radius 1 is 1.22 bits per heavy atom. The van der Waals surface area contributed by atoms with Crippen LogP contribution in [-0.2, 0) is 23.2 Å². The second-order valence-corrected chi connectivity index (χ2v) is 6.89. The highest BCUT2D eigenvalue weighted by atomic mass is 16.1. The molecule has 1 fully saturated rings. The molecular formula is C20H22N2O. The van der Waals surface area contributed by atoms with Crippen molar-refractivity contribution in [1.29, 1.82) is 0 Å². The van der Waals surface area contributed by atoms with Gasteiger partial charge >= 0.3 is 0 Å². The third-order valence-electron chi connectivity index (χ3n) is 5.61. The van der Waals surface area contributed by atoms with Gasteiger partial charge in [0.25, 0.3) is 0 Å². The molecule has 2 aliphatic rings. The van der Waals surface area contributed by atoms with Crippen molar-refractivity contribution >= 4 is 5.91 Å². The van der Waals surface area contributed by atoms with E-state index in [4.69, 9.17) is 5.73 Å². The first-order valence-electron chi connectivity index (χ1n) is 8.35. The van der Waals surface area contributed by atoms with Crippen LogP contribution in [0.5, 0.6) is 0 Å². The maximum Gasteiger partial charge on any atom is 0.228 e. The molecular weight excluding hydrogens is 284 g/mol. The Balaban J connectivity index is 1.71. The van der Waals surface area contributed by atoms with Gasteiger partial charge in [-0.15, -0.1) is 0 Å². The van der Waals surface area contributed by atoms with Crippen LogP contribution >= 0.6 is 0 Å². The molecule has 2 aromatic rings. The maximum absolute atomic E-state index is 11.9. The third-order valence-corrected chi connectivity index (χ3v) is 5.61. The van der Waals surface area contributed by atoms with Crippen LogP contribution in [0.3, 0.4) is 0 Å². The fraction of sp³-hybridized carbons (Fsp3) is 0.350. The first-order chi connectivity index (χ1) is 11.1. The fourth-order valence-electron chi connectivity index (χ4n) is 4.04. The SMILES string of the molecule is CC1CC1(C(N)=O)c1ccc(-c2cccc3c2CNCC3)cc1. The molecule has 0 bridgehead atoms. The summed E-state index contributed by atoms with van der Waals surface area (Å²) in [6.07, 6.45) is 1.95. The first kappa shape index (κ1) is 14.5. The quantitative estimate of drug-likeness (QED) is 0.916. The lowest BCUT2D eigenvalue weighted by molar-refractivity contribution is -0.120. The lowest BCUT2D eigenvalue weighted by Gasteiger charge is -2.21. The van der Waals surface area contributed by atoms with E-state index in [1.807, 2.05) is 0 Å². The van der Waals surface area contributed by atoms with Crippen LogP contribution < -0.4 is 11.1 Å². The number of carbonyl (C=O) groups is 1. The van der Waals surface area contributed by atoms with Crippen molar-refractivity contribution in [3.05, 3.63) is 59.2 Å². The number of amides is 1. The molecule has 0 saturated heterocycles. The highest BCUT2D eigenvalue weighted by Gasteiger charge is 2.57. The van der Waals surface area contributed by atoms with Gasteiger partial charge in [-0.05, 0) is 53.1 Å². The van der Waals surface area contributed by atoms with Crippen molar-refractivity contribution in [1.82, 2.24) is 5.32 Å². The number of rotatable bonds is 3. The van der Waals surface area contributed by atoms with E-state index in [2.05, 4.69) is 54.7 Å². The molecule has 3 nitrogen and oxygen atoms in total. The molecule has 3 heteroatoms. The van der Waals surface area contributed by atoms with Crippen molar-refractivity contribution in [2.24, 2.45) is 11.7 Å². The van der Waals surface area contributed by atoms with E-state index >= 15 is 0 Å². The van der Waals surface area contributed by atoms with Gasteiger partial charge in [-0.3, -0.25) is 4.79 Å². The zero-order chi connectivity index (χ0) is 16.0. The van der Waals surface area contributed by atoms with Gasteiger partial charge in [-0.1, -0.05) is 49.4 Å². The number of nitrogens with two attached hydrogens (primary N) is 1. The van der Waals surface area contributed by atoms with E-state index in [9.17, 15) is 4.79 Å². The van der Waals surface area contributed by atoms with Gasteiger partial charge in [0, 0.05) is 6.54 Å². The lowest BCUT2D eigenvalue weighted by Crippen LogP contribution is -2.30. The third kappa shape index (κ3) is 2.19. The largest absolute Gasteiger partial charge is 0.369 e. The van der Waals surface area contributed by atoms with Crippen molar-refractivity contribution in [2.75, 3.05) is 6.54 Å². The molecule has 1 heterocycles. The summed E-state index contributed by atoms with van der Waals surface area (Å²) in [5.74, 6) is 0.151. The van der Waals surface area contributed by atoms with Crippen LogP contribution in [0.15, 0.2) is 42.5 Å². The molecule has 4 rings (SSSR count). The lowest BCUT2D eigenvalue weighted by atomic mass is 9.88. The summed E-state index contributed by atoms with van der Waals surface area (Å²) in [7, 11) is 0. The summed E-state index contributed by atoms with van der Waals surface area (Å²) in [5, 5.41) is 3.46. The molecule has 118 valence electrons. The Morgan fingerprint density at radius 2 is 1.96 bits per heavy atom. The summed E-state index contributed by atoms with van der Waals surface area (Å²) in [6, 6.07) is 15.0. The van der Waals surface area contributed by atoms with Crippen LogP contribution in [-0.4, -0.2) is 12.5 Å². The zero-order valence-corrected chi connectivity index (χ0v) is 13.4. The molecule has 3 N–H and O–H groups in total. The van der Waals surface area contributed by atoms with Gasteiger partial charge in [0.2, 0.25) is 5.91 Å². The van der Waals surface area contributed by atoms with E-state index in [1.54, 1.807) is 0 Å². The summed E-state index contributed by atoms with van der Waals surface area (Å²) >= 11 is 0. The number of primary amides is 1. The van der Waals surface area contributed by atoms with E-state index in [0.717, 1.165) is 31.5 Å². The smallest absolute Gasteiger partial charge is 0.228 e. The van der Waals surface area contributed by atoms with E-state index in [-0.39, 0.29) is 5.91 Å². The van der Waals surface area contributed by atoms with Crippen LogP contribution in [0.1, 0.15) is 30.0 Å². The molecule has 1 aliphatic heterocycles. The molecule has 0 spiro atoms. The molecule has 0 aromatic heterocycles. The van der Waals surface area contributed by atoms with Gasteiger partial charge < -0.3 is 11.1 Å². The van der Waals surface area contributed by atoms with Gasteiger partial charge in [0.1, 0.15) is 0 Å². The second kappa shape index (κ2) is 5.20. The summed E-state index contributed by atoms with van der Waals surface area (Å²) < 4.78 is 0. The number of hydrogen-bond donors (Lipinski definition) is 2. The summed E-state index contributed by atoms with van der Waals surface area (Å²) in [5.41, 5.74) is 11.6. The van der Waals surface area contributed by atoms with Gasteiger partial charge in [0.05, 0.1) is 5.41 Å². The Labute approximate surface area is 136 Å². The standard InChI is InChI=1S/C20H22N2O/c1-13-11-20(13,19(21)23)16-7-5-15(6-8-16)17-4-2-3-14-9-10-22-12-18(14)17/h2-8,13,22H,9-12H2,1H3,(H2,21,23). The van der Waals surface area contributed by atoms with Crippen LogP contribution in [0.25, 0.3) is 11.1 Å². The van der Waals surface area contributed by atoms with E-state index < -0.39 is 5.41 Å². The normalized spacial score (nSPS) is 25.7. The van der Waals surface area contributed by atoms with E-state index in [0.29, 0.717) is 5.92 Å². The Kier molecular flexibility index (Phi) is 3.27. The number of nitrogens with one attached hydrogen (secondary N) is 1. The molecule has 0 radical (unpaired) electrons. The highest BCUT2D eigenvalue weighted by Crippen LogP contribution is 2.54. The van der Waals surface area contributed by atoms with Gasteiger partial charge in [0.15, 0.2) is 0 Å². The molecule has 23 heavy (non-hydrogen) atoms. The summed E-state index contributed by atoms with van der Waals surface area (Å²) in [4.78, 5) is 11.9. The first-order valence-corrected chi connectivity index (χ1v) is 8.35. The van der Waals surface area contributed by atoms with E-state index in [1.165, 1.54) is 22.3 Å². The second-order valence-electron chi connectivity index (χ2n) is 6.89. The van der Waals surface area contributed by atoms with Crippen molar-refractivity contribution < 1.29 is 4.79 Å². The number of carbonyl (C=O) groups excluding carboxylic acids is 1. The molecule has 1 amide bonds. The molecule has 1 saturated carbocycles. The number of hydrogen-bond acceptors (Lipinski definition) is 2. The van der Waals surface area contributed by atoms with Crippen molar-refractivity contribution in [3.8, 4) is 11.1 Å².